The molecule has 2 aromatic carbocycles. The lowest BCUT2D eigenvalue weighted by molar-refractivity contribution is -0.127. The lowest BCUT2D eigenvalue weighted by Gasteiger charge is -2.18. The van der Waals surface area contributed by atoms with Gasteiger partial charge in [-0.1, -0.05) is 55.9 Å². The maximum Gasteiger partial charge on any atom is 0.423 e. The van der Waals surface area contributed by atoms with Crippen molar-refractivity contribution in [2.24, 2.45) is 10.9 Å². The number of nitrogens with zero attached hydrogens (tertiary/aromatic N) is 3. The number of aromatic nitrogens is 1. The Kier molecular flexibility index (Phi) is 7.42. The second-order valence-corrected chi connectivity index (χ2v) is 9.17. The fourth-order valence-electron chi connectivity index (χ4n) is 3.67. The third-order valence-corrected chi connectivity index (χ3v) is 6.77. The highest BCUT2D eigenvalue weighted by Gasteiger charge is 2.42. The van der Waals surface area contributed by atoms with Crippen LogP contribution in [0.5, 0.6) is 0 Å². The second kappa shape index (κ2) is 10.6. The maximum atomic E-state index is 12.8. The summed E-state index contributed by atoms with van der Waals surface area (Å²) in [6.07, 6.45) is 0.909. The number of hydrogen-bond acceptors (Lipinski definition) is 8. The van der Waals surface area contributed by atoms with E-state index < -0.39 is 12.1 Å². The summed E-state index contributed by atoms with van der Waals surface area (Å²) in [7, 11) is 0. The molecule has 0 spiro atoms. The zero-order valence-corrected chi connectivity index (χ0v) is 20.4. The van der Waals surface area contributed by atoms with Crippen LogP contribution in [-0.2, 0) is 16.0 Å². The molecule has 2 heterocycles. The Morgan fingerprint density at radius 1 is 1.18 bits per heavy atom. The largest absolute Gasteiger partial charge is 0.449 e. The molecule has 9 heteroatoms. The Hall–Kier alpha value is -3.46. The summed E-state index contributed by atoms with van der Waals surface area (Å²) in [5.41, 5.74) is 2.91. The van der Waals surface area contributed by atoms with Crippen LogP contribution in [0.1, 0.15) is 32.8 Å². The van der Waals surface area contributed by atoms with Crippen molar-refractivity contribution in [3.8, 4) is 0 Å². The molecular formula is C25H29N5O3S. The van der Waals surface area contributed by atoms with Gasteiger partial charge in [0.2, 0.25) is 5.96 Å². The van der Waals surface area contributed by atoms with E-state index in [4.69, 9.17) is 4.74 Å². The van der Waals surface area contributed by atoms with Crippen molar-refractivity contribution in [3.63, 3.8) is 0 Å². The molecule has 1 aliphatic rings. The second-order valence-electron chi connectivity index (χ2n) is 8.14. The number of fused-ring (bicyclic) bond motifs is 1. The van der Waals surface area contributed by atoms with Crippen LogP contribution in [0, 0.1) is 5.92 Å². The molecule has 1 aromatic heterocycles. The highest BCUT2D eigenvalue weighted by Crippen LogP contribution is 2.26. The predicted octanol–water partition coefficient (Wildman–Crippen LogP) is 5.13. The van der Waals surface area contributed by atoms with Gasteiger partial charge in [0.15, 0.2) is 5.13 Å². The van der Waals surface area contributed by atoms with Gasteiger partial charge in [-0.15, -0.1) is 0 Å². The van der Waals surface area contributed by atoms with Gasteiger partial charge in [0.1, 0.15) is 6.04 Å². The van der Waals surface area contributed by atoms with Crippen LogP contribution in [0.3, 0.4) is 0 Å². The molecule has 3 aromatic rings. The van der Waals surface area contributed by atoms with Crippen molar-refractivity contribution in [3.05, 3.63) is 54.1 Å². The van der Waals surface area contributed by atoms with Crippen molar-refractivity contribution in [1.82, 2.24) is 9.88 Å². The van der Waals surface area contributed by atoms with E-state index in [1.807, 2.05) is 56.3 Å². The molecule has 0 aliphatic carbocycles. The Balaban J connectivity index is 1.38. The van der Waals surface area contributed by atoms with Crippen molar-refractivity contribution in [1.29, 1.82) is 0 Å². The molecule has 0 fully saturated rings. The van der Waals surface area contributed by atoms with Crippen LogP contribution >= 0.6 is 11.3 Å². The van der Waals surface area contributed by atoms with Gasteiger partial charge in [-0.25, -0.2) is 14.8 Å². The summed E-state index contributed by atoms with van der Waals surface area (Å²) in [4.78, 5) is 35.4. The van der Waals surface area contributed by atoms with Crippen molar-refractivity contribution >= 4 is 50.3 Å². The molecule has 0 bridgehead atoms. The number of rotatable bonds is 8. The molecule has 2 amide bonds. The lowest BCUT2D eigenvalue weighted by atomic mass is 10.00. The zero-order chi connectivity index (χ0) is 24.1. The summed E-state index contributed by atoms with van der Waals surface area (Å²) in [6, 6.07) is 15.4. The van der Waals surface area contributed by atoms with Crippen molar-refractivity contribution < 1.29 is 14.3 Å². The molecule has 1 aliphatic heterocycles. The number of imide groups is 1. The molecule has 0 radical (unpaired) electrons. The summed E-state index contributed by atoms with van der Waals surface area (Å²) in [5.74, 6) is -0.124. The fourth-order valence-corrected chi connectivity index (χ4v) is 4.56. The average molecular weight is 480 g/mol. The number of guanidine groups is 1. The van der Waals surface area contributed by atoms with E-state index in [-0.39, 0.29) is 24.4 Å². The number of amides is 2. The van der Waals surface area contributed by atoms with Crippen LogP contribution in [0.4, 0.5) is 15.6 Å². The van der Waals surface area contributed by atoms with Crippen LogP contribution in [0.25, 0.3) is 10.2 Å². The highest BCUT2D eigenvalue weighted by molar-refractivity contribution is 7.22. The molecule has 4 rings (SSSR count). The fraction of sp³-hybridized carbons (Fsp3) is 0.360. The minimum Gasteiger partial charge on any atom is -0.449 e. The standard InChI is InChI=1S/C25H29N5O3S/c1-4-16(3)21-22(31)30(25(32)33-5-2)23(29-21)27-18-12-10-17(11-13-18)14-15-26-24-28-19-8-6-7-9-20(19)34-24/h6-13,16,21H,4-5,14-15H2,1-3H3,(H,26,28)(H,27,29)/t16-,21-/m0/s1. The Labute approximate surface area is 203 Å². The average Bonchev–Trinajstić information content (AvgIpc) is 3.40. The number of aliphatic imine (C=N–C) groups is 1. The smallest absolute Gasteiger partial charge is 0.423 e. The minimum atomic E-state index is -0.706. The molecular weight excluding hydrogens is 450 g/mol. The molecule has 0 saturated heterocycles. The number of carbonyl (C=O) groups is 2. The molecule has 8 nitrogen and oxygen atoms in total. The van der Waals surface area contributed by atoms with Gasteiger partial charge in [0.25, 0.3) is 5.91 Å². The number of nitrogens with one attached hydrogen (secondary N) is 2. The van der Waals surface area contributed by atoms with Gasteiger partial charge in [-0.2, -0.15) is 4.90 Å². The van der Waals surface area contributed by atoms with Crippen molar-refractivity contribution in [2.75, 3.05) is 23.8 Å². The first-order chi connectivity index (χ1) is 16.5. The van der Waals surface area contributed by atoms with E-state index in [1.54, 1.807) is 18.3 Å². The monoisotopic (exact) mass is 479 g/mol. The summed E-state index contributed by atoms with van der Waals surface area (Å²) < 4.78 is 6.25. The summed E-state index contributed by atoms with van der Waals surface area (Å²) in [6.45, 7) is 6.61. The van der Waals surface area contributed by atoms with Gasteiger partial charge < -0.3 is 15.4 Å². The molecule has 0 unspecified atom stereocenters. The topological polar surface area (TPSA) is 95.9 Å². The molecule has 34 heavy (non-hydrogen) atoms. The predicted molar refractivity (Wildman–Crippen MR) is 136 cm³/mol. The Bertz CT molecular complexity index is 1160. The number of thiazole rings is 1. The first kappa shape index (κ1) is 23.7. The van der Waals surface area contributed by atoms with Crippen LogP contribution < -0.4 is 10.6 Å². The van der Waals surface area contributed by atoms with Gasteiger partial charge >= 0.3 is 6.09 Å². The van der Waals surface area contributed by atoms with Crippen molar-refractivity contribution in [2.45, 2.75) is 39.7 Å². The number of para-hydroxylation sites is 1. The SMILES string of the molecule is CCOC(=O)N1C(=O)[C@H]([C@@H](C)CC)N=C1Nc1ccc(CCNc2nc3ccccc3s2)cc1. The highest BCUT2D eigenvalue weighted by atomic mass is 32.1. The number of ether oxygens (including phenoxy) is 1. The number of hydrogen-bond donors (Lipinski definition) is 2. The van der Waals surface area contributed by atoms with E-state index in [0.29, 0.717) is 0 Å². The minimum absolute atomic E-state index is 0.0223. The summed E-state index contributed by atoms with van der Waals surface area (Å²) >= 11 is 1.65. The first-order valence-corrected chi connectivity index (χ1v) is 12.4. The van der Waals surface area contributed by atoms with Crippen LogP contribution in [0.15, 0.2) is 53.5 Å². The Morgan fingerprint density at radius 3 is 2.65 bits per heavy atom. The van der Waals surface area contributed by atoms with E-state index in [1.165, 1.54) is 4.70 Å². The van der Waals surface area contributed by atoms with Gasteiger partial charge in [0, 0.05) is 12.2 Å². The lowest BCUT2D eigenvalue weighted by Crippen LogP contribution is -2.44. The number of benzene rings is 2. The Morgan fingerprint density at radius 2 is 1.94 bits per heavy atom. The third-order valence-electron chi connectivity index (χ3n) is 5.77. The van der Waals surface area contributed by atoms with E-state index >= 15 is 0 Å². The van der Waals surface area contributed by atoms with E-state index in [0.717, 1.165) is 46.2 Å². The molecule has 2 N–H and O–H groups in total. The number of anilines is 2. The van der Waals surface area contributed by atoms with Crippen LogP contribution in [-0.4, -0.2) is 47.0 Å². The van der Waals surface area contributed by atoms with E-state index in [9.17, 15) is 9.59 Å². The quantitative estimate of drug-likeness (QED) is 0.465. The maximum absolute atomic E-state index is 12.8. The summed E-state index contributed by atoms with van der Waals surface area (Å²) in [5, 5.41) is 7.43. The molecule has 178 valence electrons. The van der Waals surface area contributed by atoms with Crippen LogP contribution in [0.2, 0.25) is 0 Å². The van der Waals surface area contributed by atoms with Gasteiger partial charge in [0.05, 0.1) is 16.8 Å². The van der Waals surface area contributed by atoms with Gasteiger partial charge in [-0.3, -0.25) is 4.79 Å². The molecule has 2 atom stereocenters. The third kappa shape index (κ3) is 5.20. The zero-order valence-electron chi connectivity index (χ0n) is 19.6. The first-order valence-electron chi connectivity index (χ1n) is 11.5. The normalized spacial score (nSPS) is 16.4. The number of carbonyl (C=O) groups excluding carboxylic acids is 2. The van der Waals surface area contributed by atoms with Gasteiger partial charge in [-0.05, 0) is 49.1 Å². The van der Waals surface area contributed by atoms with E-state index in [2.05, 4.69) is 26.7 Å². The molecule has 0 saturated carbocycles.